The highest BCUT2D eigenvalue weighted by atomic mass is 16.5. The lowest BCUT2D eigenvalue weighted by Crippen LogP contribution is -2.35. The van der Waals surface area contributed by atoms with E-state index in [-0.39, 0.29) is 11.8 Å². The Hall–Kier alpha value is -1.43. The van der Waals surface area contributed by atoms with E-state index in [4.69, 9.17) is 10.5 Å². The van der Waals surface area contributed by atoms with Gasteiger partial charge in [0.05, 0.1) is 13.2 Å². The average Bonchev–Trinajstić information content (AvgIpc) is 2.47. The normalized spacial score (nSPS) is 17.7. The van der Waals surface area contributed by atoms with Crippen LogP contribution in [0, 0.1) is 5.92 Å². The van der Waals surface area contributed by atoms with Gasteiger partial charge in [-0.1, -0.05) is 19.1 Å². The molecule has 0 bridgehead atoms. The molecule has 1 fully saturated rings. The van der Waals surface area contributed by atoms with Crippen molar-refractivity contribution in [3.05, 3.63) is 29.8 Å². The van der Waals surface area contributed by atoms with Gasteiger partial charge in [0.15, 0.2) is 0 Å². The Balaban J connectivity index is 1.94. The Labute approximate surface area is 120 Å². The number of nitrogens with one attached hydrogen (secondary N) is 1. The van der Waals surface area contributed by atoms with Crippen LogP contribution in [0.15, 0.2) is 24.3 Å². The lowest BCUT2D eigenvalue weighted by Gasteiger charge is -2.26. The molecule has 5 nitrogen and oxygen atoms in total. The summed E-state index contributed by atoms with van der Waals surface area (Å²) in [6, 6.07) is 7.98. The van der Waals surface area contributed by atoms with Crippen LogP contribution in [0.4, 0.5) is 5.69 Å². The fraction of sp³-hybridized carbons (Fsp3) is 0.533. The molecular weight excluding hydrogens is 254 g/mol. The second-order valence-corrected chi connectivity index (χ2v) is 5.21. The van der Waals surface area contributed by atoms with E-state index in [0.29, 0.717) is 6.54 Å². The third-order valence-corrected chi connectivity index (χ3v) is 3.51. The maximum atomic E-state index is 11.8. The maximum Gasteiger partial charge on any atom is 0.228 e. The molecule has 0 radical (unpaired) electrons. The van der Waals surface area contributed by atoms with Crippen LogP contribution >= 0.6 is 0 Å². The first kappa shape index (κ1) is 15.0. The molecule has 1 atom stereocenters. The highest BCUT2D eigenvalue weighted by Crippen LogP contribution is 2.14. The van der Waals surface area contributed by atoms with Crippen LogP contribution in [0.1, 0.15) is 12.5 Å². The van der Waals surface area contributed by atoms with Gasteiger partial charge in [-0.3, -0.25) is 9.69 Å². The fourth-order valence-electron chi connectivity index (χ4n) is 2.14. The Kier molecular flexibility index (Phi) is 5.52. The molecule has 1 saturated heterocycles. The van der Waals surface area contributed by atoms with Gasteiger partial charge in [0, 0.05) is 37.8 Å². The van der Waals surface area contributed by atoms with Crippen LogP contribution in [0.2, 0.25) is 0 Å². The molecular formula is C15H23N3O2. The van der Waals surface area contributed by atoms with Crippen molar-refractivity contribution < 1.29 is 9.53 Å². The number of morpholine rings is 1. The summed E-state index contributed by atoms with van der Waals surface area (Å²) >= 11 is 0. The van der Waals surface area contributed by atoms with Crippen molar-refractivity contribution >= 4 is 11.6 Å². The molecule has 1 aliphatic heterocycles. The van der Waals surface area contributed by atoms with E-state index in [1.54, 1.807) is 0 Å². The van der Waals surface area contributed by atoms with Crippen LogP contribution in [0.25, 0.3) is 0 Å². The number of anilines is 1. The summed E-state index contributed by atoms with van der Waals surface area (Å²) in [6.45, 7) is 6.59. The fourth-order valence-corrected chi connectivity index (χ4v) is 2.14. The number of nitrogens with two attached hydrogens (primary N) is 1. The van der Waals surface area contributed by atoms with Gasteiger partial charge in [-0.25, -0.2) is 0 Å². The number of hydrogen-bond donors (Lipinski definition) is 2. The number of ether oxygens (including phenoxy) is 1. The van der Waals surface area contributed by atoms with Crippen LogP contribution in [0.5, 0.6) is 0 Å². The van der Waals surface area contributed by atoms with E-state index in [9.17, 15) is 4.79 Å². The van der Waals surface area contributed by atoms with Gasteiger partial charge in [-0.2, -0.15) is 0 Å². The standard InChI is InChI=1S/C15H23N3O2/c1-12(10-16)15(19)17-14-4-2-3-13(9-14)11-18-5-7-20-8-6-18/h2-4,9,12H,5-8,10-11,16H2,1H3,(H,17,19). The lowest BCUT2D eigenvalue weighted by molar-refractivity contribution is -0.119. The number of amides is 1. The van der Waals surface area contributed by atoms with E-state index >= 15 is 0 Å². The van der Waals surface area contributed by atoms with Gasteiger partial charge >= 0.3 is 0 Å². The zero-order valence-corrected chi connectivity index (χ0v) is 12.0. The van der Waals surface area contributed by atoms with Crippen LogP contribution in [0.3, 0.4) is 0 Å². The van der Waals surface area contributed by atoms with Crippen molar-refractivity contribution in [2.45, 2.75) is 13.5 Å². The molecule has 110 valence electrons. The molecule has 0 aliphatic carbocycles. The minimum absolute atomic E-state index is 0.0315. The Morgan fingerprint density at radius 1 is 1.45 bits per heavy atom. The van der Waals surface area contributed by atoms with E-state index in [0.717, 1.165) is 38.5 Å². The smallest absolute Gasteiger partial charge is 0.228 e. The average molecular weight is 277 g/mol. The Bertz CT molecular complexity index is 444. The second-order valence-electron chi connectivity index (χ2n) is 5.21. The van der Waals surface area contributed by atoms with Crippen molar-refractivity contribution in [2.75, 3.05) is 38.2 Å². The minimum Gasteiger partial charge on any atom is -0.379 e. The quantitative estimate of drug-likeness (QED) is 0.844. The monoisotopic (exact) mass is 277 g/mol. The van der Waals surface area contributed by atoms with E-state index in [2.05, 4.69) is 16.3 Å². The van der Waals surface area contributed by atoms with Crippen molar-refractivity contribution in [3.8, 4) is 0 Å². The highest BCUT2D eigenvalue weighted by molar-refractivity contribution is 5.92. The molecule has 0 aromatic heterocycles. The van der Waals surface area contributed by atoms with Gasteiger partial charge in [0.2, 0.25) is 5.91 Å². The van der Waals surface area contributed by atoms with Crippen LogP contribution in [-0.2, 0) is 16.1 Å². The van der Waals surface area contributed by atoms with Gasteiger partial charge in [-0.15, -0.1) is 0 Å². The van der Waals surface area contributed by atoms with Gasteiger partial charge in [-0.05, 0) is 17.7 Å². The summed E-state index contributed by atoms with van der Waals surface area (Å²) in [7, 11) is 0. The number of hydrogen-bond acceptors (Lipinski definition) is 4. The first-order valence-electron chi connectivity index (χ1n) is 7.09. The third kappa shape index (κ3) is 4.30. The molecule has 1 unspecified atom stereocenters. The predicted octanol–water partition coefficient (Wildman–Crippen LogP) is 1.05. The largest absolute Gasteiger partial charge is 0.379 e. The molecule has 3 N–H and O–H groups in total. The van der Waals surface area contributed by atoms with Gasteiger partial charge in [0.25, 0.3) is 0 Å². The third-order valence-electron chi connectivity index (χ3n) is 3.51. The summed E-state index contributed by atoms with van der Waals surface area (Å²) in [5, 5.41) is 2.91. The summed E-state index contributed by atoms with van der Waals surface area (Å²) in [4.78, 5) is 14.2. The molecule has 1 aromatic carbocycles. The van der Waals surface area contributed by atoms with Crippen molar-refractivity contribution in [1.29, 1.82) is 0 Å². The molecule has 5 heteroatoms. The summed E-state index contributed by atoms with van der Waals surface area (Å²) in [5.41, 5.74) is 7.53. The Morgan fingerprint density at radius 3 is 2.90 bits per heavy atom. The molecule has 1 amide bonds. The van der Waals surface area contributed by atoms with Crippen molar-refractivity contribution in [2.24, 2.45) is 11.7 Å². The number of nitrogens with zero attached hydrogens (tertiary/aromatic N) is 1. The minimum atomic E-state index is -0.169. The summed E-state index contributed by atoms with van der Waals surface area (Å²) in [5.74, 6) is -0.200. The van der Waals surface area contributed by atoms with Gasteiger partial charge in [0.1, 0.15) is 0 Å². The van der Waals surface area contributed by atoms with Crippen molar-refractivity contribution in [1.82, 2.24) is 4.90 Å². The first-order valence-corrected chi connectivity index (χ1v) is 7.09. The number of carbonyl (C=O) groups excluding carboxylic acids is 1. The van der Waals surface area contributed by atoms with Crippen LogP contribution in [-0.4, -0.2) is 43.7 Å². The number of rotatable bonds is 5. The summed E-state index contributed by atoms with van der Waals surface area (Å²) < 4.78 is 5.34. The first-order chi connectivity index (χ1) is 9.69. The maximum absolute atomic E-state index is 11.8. The van der Waals surface area contributed by atoms with Crippen LogP contribution < -0.4 is 11.1 Å². The van der Waals surface area contributed by atoms with E-state index in [1.165, 1.54) is 5.56 Å². The molecule has 2 rings (SSSR count). The zero-order valence-electron chi connectivity index (χ0n) is 12.0. The van der Waals surface area contributed by atoms with E-state index < -0.39 is 0 Å². The molecule has 0 spiro atoms. The number of carbonyl (C=O) groups is 1. The SMILES string of the molecule is CC(CN)C(=O)Nc1cccc(CN2CCOCC2)c1. The molecule has 20 heavy (non-hydrogen) atoms. The zero-order chi connectivity index (χ0) is 14.4. The molecule has 1 heterocycles. The highest BCUT2D eigenvalue weighted by Gasteiger charge is 2.13. The van der Waals surface area contributed by atoms with E-state index in [1.807, 2.05) is 25.1 Å². The molecule has 1 aromatic rings. The molecule has 1 aliphatic rings. The lowest BCUT2D eigenvalue weighted by atomic mass is 10.1. The Morgan fingerprint density at radius 2 is 2.20 bits per heavy atom. The topological polar surface area (TPSA) is 67.6 Å². The van der Waals surface area contributed by atoms with Gasteiger partial charge < -0.3 is 15.8 Å². The summed E-state index contributed by atoms with van der Waals surface area (Å²) in [6.07, 6.45) is 0. The van der Waals surface area contributed by atoms with Crippen molar-refractivity contribution in [3.63, 3.8) is 0 Å². The molecule has 0 saturated carbocycles. The number of benzene rings is 1. The predicted molar refractivity (Wildman–Crippen MR) is 79.4 cm³/mol. The second kappa shape index (κ2) is 7.38.